The van der Waals surface area contributed by atoms with Crippen molar-refractivity contribution in [3.05, 3.63) is 35.5 Å². The van der Waals surface area contributed by atoms with E-state index in [0.29, 0.717) is 0 Å². The van der Waals surface area contributed by atoms with Crippen LogP contribution in [-0.2, 0) is 18.7 Å². The van der Waals surface area contributed by atoms with Crippen molar-refractivity contribution in [1.82, 2.24) is 9.47 Å². The van der Waals surface area contributed by atoms with Gasteiger partial charge < -0.3 is 9.47 Å². The first kappa shape index (κ1) is 15.7. The van der Waals surface area contributed by atoms with E-state index in [0.717, 1.165) is 13.1 Å². The lowest BCUT2D eigenvalue weighted by Crippen LogP contribution is -2.16. The zero-order valence-electron chi connectivity index (χ0n) is 12.3. The van der Waals surface area contributed by atoms with Gasteiger partial charge in [-0.15, -0.1) is 12.4 Å². The molecule has 2 aromatic rings. The Hall–Kier alpha value is -0.640. The van der Waals surface area contributed by atoms with Crippen LogP contribution < -0.4 is 0 Å². The maximum Gasteiger partial charge on any atom is 0.0485 e. The first-order valence-electron chi connectivity index (χ1n) is 7.09. The topological polar surface area (TPSA) is 8.17 Å². The van der Waals surface area contributed by atoms with Crippen LogP contribution in [-0.4, -0.2) is 35.9 Å². The maximum absolute atomic E-state index is 2.58. The number of aromatic nitrogens is 1. The molecule has 3 rings (SSSR count). The van der Waals surface area contributed by atoms with Crippen molar-refractivity contribution in [2.75, 3.05) is 26.4 Å². The summed E-state index contributed by atoms with van der Waals surface area (Å²) in [4.78, 5) is 2.27. The van der Waals surface area contributed by atoms with E-state index < -0.39 is 0 Å². The standard InChI is InChI=1S/C16H22N2S.ClH/c1-17(2)9-5-10-18-15-7-4-3-6-13(15)14-12-19-11-8-16(14)18;/h3-4,6-7H,5,8-12H2,1-2H3;1H. The van der Waals surface area contributed by atoms with E-state index in [2.05, 4.69) is 59.6 Å². The molecular formula is C16H23ClN2S. The summed E-state index contributed by atoms with van der Waals surface area (Å²) in [7, 11) is 4.31. The van der Waals surface area contributed by atoms with Crippen molar-refractivity contribution in [2.45, 2.75) is 25.1 Å². The predicted molar refractivity (Wildman–Crippen MR) is 92.2 cm³/mol. The molecule has 1 aromatic heterocycles. The van der Waals surface area contributed by atoms with Crippen LogP contribution in [0.5, 0.6) is 0 Å². The molecule has 2 heterocycles. The van der Waals surface area contributed by atoms with Crippen LogP contribution in [0, 0.1) is 0 Å². The number of para-hydroxylation sites is 1. The van der Waals surface area contributed by atoms with Crippen LogP contribution >= 0.6 is 24.2 Å². The minimum absolute atomic E-state index is 0. The fraction of sp³-hybridized carbons (Fsp3) is 0.500. The SMILES string of the molecule is CN(C)CCCn1c2c(c3ccccc31)CSCC2.Cl. The quantitative estimate of drug-likeness (QED) is 0.848. The predicted octanol–water partition coefficient (Wildman–Crippen LogP) is 3.80. The van der Waals surface area contributed by atoms with Gasteiger partial charge in [-0.2, -0.15) is 11.8 Å². The third-order valence-corrected chi connectivity index (χ3v) is 4.90. The molecule has 0 spiro atoms. The average molecular weight is 311 g/mol. The van der Waals surface area contributed by atoms with Gasteiger partial charge in [0.2, 0.25) is 0 Å². The molecule has 0 N–H and O–H groups in total. The van der Waals surface area contributed by atoms with E-state index in [1.165, 1.54) is 35.3 Å². The first-order valence-corrected chi connectivity index (χ1v) is 8.24. The van der Waals surface area contributed by atoms with E-state index in [1.807, 2.05) is 0 Å². The van der Waals surface area contributed by atoms with Gasteiger partial charge in [-0.05, 0) is 50.9 Å². The molecule has 0 fully saturated rings. The second-order valence-corrected chi connectivity index (χ2v) is 6.66. The number of thioether (sulfide) groups is 1. The van der Waals surface area contributed by atoms with Crippen molar-refractivity contribution < 1.29 is 0 Å². The van der Waals surface area contributed by atoms with Gasteiger partial charge in [0, 0.05) is 28.9 Å². The van der Waals surface area contributed by atoms with Crippen molar-refractivity contribution in [1.29, 1.82) is 0 Å². The van der Waals surface area contributed by atoms with Gasteiger partial charge in [-0.1, -0.05) is 18.2 Å². The molecule has 0 saturated heterocycles. The number of hydrogen-bond acceptors (Lipinski definition) is 2. The molecule has 1 aliphatic rings. The highest BCUT2D eigenvalue weighted by molar-refractivity contribution is 7.98. The number of halogens is 1. The first-order chi connectivity index (χ1) is 9.27. The number of aryl methyl sites for hydroxylation is 1. The number of fused-ring (bicyclic) bond motifs is 3. The second kappa shape index (κ2) is 6.88. The average Bonchev–Trinajstić information content (AvgIpc) is 2.74. The Morgan fingerprint density at radius 2 is 2.05 bits per heavy atom. The van der Waals surface area contributed by atoms with Crippen molar-refractivity contribution in [3.63, 3.8) is 0 Å². The Morgan fingerprint density at radius 1 is 1.25 bits per heavy atom. The van der Waals surface area contributed by atoms with Crippen molar-refractivity contribution >= 4 is 35.1 Å². The minimum Gasteiger partial charge on any atom is -0.344 e. The number of hydrogen-bond donors (Lipinski definition) is 0. The molecule has 0 bridgehead atoms. The van der Waals surface area contributed by atoms with Crippen molar-refractivity contribution in [3.8, 4) is 0 Å². The summed E-state index contributed by atoms with van der Waals surface area (Å²) in [6.45, 7) is 2.31. The van der Waals surface area contributed by atoms with Crippen LogP contribution in [0.3, 0.4) is 0 Å². The molecule has 0 amide bonds. The molecular weight excluding hydrogens is 288 g/mol. The van der Waals surface area contributed by atoms with Crippen LogP contribution in [0.2, 0.25) is 0 Å². The van der Waals surface area contributed by atoms with Gasteiger partial charge in [0.15, 0.2) is 0 Å². The number of benzene rings is 1. The third-order valence-electron chi connectivity index (χ3n) is 3.91. The molecule has 0 atom stereocenters. The van der Waals surface area contributed by atoms with Crippen molar-refractivity contribution in [2.24, 2.45) is 0 Å². The Labute approximate surface area is 131 Å². The smallest absolute Gasteiger partial charge is 0.0485 e. The minimum atomic E-state index is 0. The number of rotatable bonds is 4. The molecule has 1 aromatic carbocycles. The highest BCUT2D eigenvalue weighted by Gasteiger charge is 2.19. The fourth-order valence-corrected chi connectivity index (χ4v) is 4.03. The van der Waals surface area contributed by atoms with Gasteiger partial charge >= 0.3 is 0 Å². The van der Waals surface area contributed by atoms with E-state index in [-0.39, 0.29) is 12.4 Å². The summed E-state index contributed by atoms with van der Waals surface area (Å²) in [5.74, 6) is 2.47. The summed E-state index contributed by atoms with van der Waals surface area (Å²) >= 11 is 2.07. The molecule has 0 aliphatic carbocycles. The van der Waals surface area contributed by atoms with Gasteiger partial charge in [-0.3, -0.25) is 0 Å². The fourth-order valence-electron chi connectivity index (χ4n) is 3.02. The number of nitrogens with zero attached hydrogens (tertiary/aromatic N) is 2. The summed E-state index contributed by atoms with van der Waals surface area (Å²) < 4.78 is 2.58. The van der Waals surface area contributed by atoms with Crippen LogP contribution in [0.1, 0.15) is 17.7 Å². The van der Waals surface area contributed by atoms with Crippen LogP contribution in [0.4, 0.5) is 0 Å². The maximum atomic E-state index is 2.58. The molecule has 0 unspecified atom stereocenters. The lowest BCUT2D eigenvalue weighted by Gasteiger charge is -2.17. The zero-order valence-corrected chi connectivity index (χ0v) is 13.9. The summed E-state index contributed by atoms with van der Waals surface area (Å²) in [6, 6.07) is 8.92. The van der Waals surface area contributed by atoms with E-state index >= 15 is 0 Å². The Bertz CT molecular complexity index is 577. The van der Waals surface area contributed by atoms with E-state index in [9.17, 15) is 0 Å². The second-order valence-electron chi connectivity index (χ2n) is 5.55. The highest BCUT2D eigenvalue weighted by atomic mass is 35.5. The Balaban J connectivity index is 0.00000147. The summed E-state index contributed by atoms with van der Waals surface area (Å²) in [5, 5.41) is 1.48. The van der Waals surface area contributed by atoms with E-state index in [1.54, 1.807) is 11.3 Å². The molecule has 0 radical (unpaired) electrons. The molecule has 2 nitrogen and oxygen atoms in total. The van der Waals surface area contributed by atoms with Gasteiger partial charge in [0.05, 0.1) is 0 Å². The Morgan fingerprint density at radius 3 is 2.85 bits per heavy atom. The van der Waals surface area contributed by atoms with Gasteiger partial charge in [0.1, 0.15) is 0 Å². The van der Waals surface area contributed by atoms with Crippen LogP contribution in [0.25, 0.3) is 10.9 Å². The lowest BCUT2D eigenvalue weighted by atomic mass is 10.1. The molecule has 20 heavy (non-hydrogen) atoms. The zero-order chi connectivity index (χ0) is 13.2. The molecule has 4 heteroatoms. The highest BCUT2D eigenvalue weighted by Crippen LogP contribution is 2.34. The summed E-state index contributed by atoms with van der Waals surface area (Å²) in [5.41, 5.74) is 4.63. The molecule has 1 aliphatic heterocycles. The lowest BCUT2D eigenvalue weighted by molar-refractivity contribution is 0.386. The normalized spacial score (nSPS) is 14.3. The molecule has 0 saturated carbocycles. The van der Waals surface area contributed by atoms with E-state index in [4.69, 9.17) is 0 Å². The largest absolute Gasteiger partial charge is 0.344 e. The summed E-state index contributed by atoms with van der Waals surface area (Å²) in [6.07, 6.45) is 2.46. The van der Waals surface area contributed by atoms with Crippen LogP contribution in [0.15, 0.2) is 24.3 Å². The third kappa shape index (κ3) is 3.00. The molecule has 110 valence electrons. The van der Waals surface area contributed by atoms with Gasteiger partial charge in [-0.25, -0.2) is 0 Å². The Kier molecular flexibility index (Phi) is 5.42. The van der Waals surface area contributed by atoms with Gasteiger partial charge in [0.25, 0.3) is 0 Å². The monoisotopic (exact) mass is 310 g/mol.